The third-order valence-electron chi connectivity index (χ3n) is 2.73. The molecule has 1 N–H and O–H groups in total. The summed E-state index contributed by atoms with van der Waals surface area (Å²) >= 11 is 0. The molecule has 1 heterocycles. The van der Waals surface area contributed by atoms with Crippen molar-refractivity contribution in [1.29, 1.82) is 0 Å². The van der Waals surface area contributed by atoms with Gasteiger partial charge < -0.3 is 5.11 Å². The molecule has 11 heavy (non-hydrogen) atoms. The Hall–Kier alpha value is -0.0800. The molecule has 0 amide bonds. The molecule has 2 nitrogen and oxygen atoms in total. The van der Waals surface area contributed by atoms with E-state index in [0.29, 0.717) is 24.1 Å². The summed E-state index contributed by atoms with van der Waals surface area (Å²) in [4.78, 5) is 2.35. The lowest BCUT2D eigenvalue weighted by atomic mass is 9.74. The van der Waals surface area contributed by atoms with Crippen molar-refractivity contribution in [3.05, 3.63) is 0 Å². The van der Waals surface area contributed by atoms with Crippen LogP contribution in [-0.4, -0.2) is 35.2 Å². The molecule has 1 aliphatic heterocycles. The second-order valence-electron chi connectivity index (χ2n) is 4.45. The van der Waals surface area contributed by atoms with Gasteiger partial charge in [0.1, 0.15) is 0 Å². The third-order valence-corrected chi connectivity index (χ3v) is 2.73. The van der Waals surface area contributed by atoms with E-state index >= 15 is 0 Å². The number of rotatable bonds is 2. The van der Waals surface area contributed by atoms with Crippen molar-refractivity contribution in [1.82, 2.24) is 4.90 Å². The average molecular weight is 157 g/mol. The Morgan fingerprint density at radius 2 is 2.09 bits per heavy atom. The van der Waals surface area contributed by atoms with Crippen LogP contribution < -0.4 is 0 Å². The van der Waals surface area contributed by atoms with Crippen LogP contribution in [0.3, 0.4) is 0 Å². The minimum Gasteiger partial charge on any atom is -0.395 e. The predicted molar refractivity (Wildman–Crippen MR) is 46.5 cm³/mol. The molecular weight excluding hydrogens is 138 g/mol. The predicted octanol–water partition coefficient (Wildman–Crippen LogP) is 1.10. The van der Waals surface area contributed by atoms with Crippen molar-refractivity contribution in [2.45, 2.75) is 39.8 Å². The number of nitrogens with zero attached hydrogens (tertiary/aromatic N) is 1. The van der Waals surface area contributed by atoms with Crippen molar-refractivity contribution < 1.29 is 5.11 Å². The summed E-state index contributed by atoms with van der Waals surface area (Å²) in [6.07, 6.45) is 0. The van der Waals surface area contributed by atoms with Crippen LogP contribution in [0.4, 0.5) is 0 Å². The minimum atomic E-state index is 0.297. The maximum atomic E-state index is 9.10. The third kappa shape index (κ3) is 1.42. The fourth-order valence-corrected chi connectivity index (χ4v) is 1.92. The molecule has 0 bridgehead atoms. The standard InChI is InChI=1S/C9H19NO/c1-7(2)10-6-9(3,4)8(10)5-11/h7-8,11H,5-6H2,1-4H3. The molecule has 0 aromatic heterocycles. The number of likely N-dealkylation sites (tertiary alicyclic amines) is 1. The molecule has 0 saturated carbocycles. The van der Waals surface area contributed by atoms with Gasteiger partial charge in [-0.1, -0.05) is 13.8 Å². The van der Waals surface area contributed by atoms with Gasteiger partial charge in [-0.2, -0.15) is 0 Å². The highest BCUT2D eigenvalue weighted by molar-refractivity contribution is 4.99. The first kappa shape index (κ1) is 9.01. The Morgan fingerprint density at radius 3 is 2.27 bits per heavy atom. The maximum Gasteiger partial charge on any atom is 0.0592 e. The quantitative estimate of drug-likeness (QED) is 0.649. The van der Waals surface area contributed by atoms with Gasteiger partial charge in [-0.05, 0) is 19.3 Å². The Morgan fingerprint density at radius 1 is 1.55 bits per heavy atom. The second-order valence-corrected chi connectivity index (χ2v) is 4.45. The van der Waals surface area contributed by atoms with E-state index in [1.807, 2.05) is 0 Å². The first-order valence-electron chi connectivity index (χ1n) is 4.35. The normalized spacial score (nSPS) is 30.5. The largest absolute Gasteiger partial charge is 0.395 e. The molecule has 66 valence electrons. The molecule has 2 heteroatoms. The van der Waals surface area contributed by atoms with E-state index < -0.39 is 0 Å². The first-order chi connectivity index (χ1) is 4.99. The molecule has 1 aliphatic rings. The van der Waals surface area contributed by atoms with Crippen LogP contribution in [-0.2, 0) is 0 Å². The molecule has 0 aromatic carbocycles. The Bertz CT molecular complexity index is 142. The van der Waals surface area contributed by atoms with Crippen LogP contribution in [0, 0.1) is 5.41 Å². The van der Waals surface area contributed by atoms with Gasteiger partial charge in [0, 0.05) is 18.6 Å². The van der Waals surface area contributed by atoms with E-state index in [9.17, 15) is 0 Å². The Kier molecular flexibility index (Phi) is 2.26. The SMILES string of the molecule is CC(C)N1CC(C)(C)C1CO. The molecule has 1 unspecified atom stereocenters. The average Bonchev–Trinajstić information content (AvgIpc) is 1.84. The summed E-state index contributed by atoms with van der Waals surface area (Å²) in [5.41, 5.74) is 0.318. The number of hydrogen-bond donors (Lipinski definition) is 1. The Labute approximate surface area is 69.2 Å². The van der Waals surface area contributed by atoms with E-state index in [-0.39, 0.29) is 0 Å². The molecular formula is C9H19NO. The van der Waals surface area contributed by atoms with E-state index in [1.165, 1.54) is 0 Å². The van der Waals surface area contributed by atoms with Gasteiger partial charge in [0.2, 0.25) is 0 Å². The summed E-state index contributed by atoms with van der Waals surface area (Å²) in [6.45, 7) is 10.2. The van der Waals surface area contributed by atoms with Crippen LogP contribution in [0.1, 0.15) is 27.7 Å². The molecule has 0 aromatic rings. The lowest BCUT2D eigenvalue weighted by Crippen LogP contribution is -2.65. The zero-order valence-electron chi connectivity index (χ0n) is 7.96. The fourth-order valence-electron chi connectivity index (χ4n) is 1.92. The van der Waals surface area contributed by atoms with Gasteiger partial charge in [-0.3, -0.25) is 4.90 Å². The van der Waals surface area contributed by atoms with Crippen LogP contribution >= 0.6 is 0 Å². The molecule has 0 aliphatic carbocycles. The molecule has 0 radical (unpaired) electrons. The monoisotopic (exact) mass is 157 g/mol. The van der Waals surface area contributed by atoms with Crippen LogP contribution in [0.25, 0.3) is 0 Å². The first-order valence-corrected chi connectivity index (χ1v) is 4.35. The summed E-state index contributed by atoms with van der Waals surface area (Å²) < 4.78 is 0. The number of aliphatic hydroxyl groups is 1. The highest BCUT2D eigenvalue weighted by atomic mass is 16.3. The van der Waals surface area contributed by atoms with Gasteiger partial charge in [-0.15, -0.1) is 0 Å². The van der Waals surface area contributed by atoms with Gasteiger partial charge in [0.25, 0.3) is 0 Å². The number of aliphatic hydroxyl groups excluding tert-OH is 1. The topological polar surface area (TPSA) is 23.5 Å². The molecule has 1 saturated heterocycles. The smallest absolute Gasteiger partial charge is 0.0592 e. The van der Waals surface area contributed by atoms with Gasteiger partial charge in [0.15, 0.2) is 0 Å². The second kappa shape index (κ2) is 2.76. The lowest BCUT2D eigenvalue weighted by molar-refractivity contribution is -0.0937. The van der Waals surface area contributed by atoms with Crippen LogP contribution in [0.5, 0.6) is 0 Å². The van der Waals surface area contributed by atoms with E-state index in [1.54, 1.807) is 0 Å². The van der Waals surface area contributed by atoms with Crippen molar-refractivity contribution in [2.24, 2.45) is 5.41 Å². The van der Waals surface area contributed by atoms with Crippen molar-refractivity contribution >= 4 is 0 Å². The molecule has 1 fully saturated rings. The molecule has 0 spiro atoms. The summed E-state index contributed by atoms with van der Waals surface area (Å²) in [7, 11) is 0. The zero-order chi connectivity index (χ0) is 8.65. The molecule has 1 atom stereocenters. The van der Waals surface area contributed by atoms with Crippen LogP contribution in [0.15, 0.2) is 0 Å². The zero-order valence-corrected chi connectivity index (χ0v) is 7.96. The highest BCUT2D eigenvalue weighted by Crippen LogP contribution is 2.37. The van der Waals surface area contributed by atoms with E-state index in [4.69, 9.17) is 5.11 Å². The van der Waals surface area contributed by atoms with Crippen molar-refractivity contribution in [3.8, 4) is 0 Å². The van der Waals surface area contributed by atoms with E-state index in [0.717, 1.165) is 6.54 Å². The van der Waals surface area contributed by atoms with Crippen molar-refractivity contribution in [2.75, 3.05) is 13.2 Å². The maximum absolute atomic E-state index is 9.10. The molecule has 1 rings (SSSR count). The Balaban J connectivity index is 2.53. The van der Waals surface area contributed by atoms with Gasteiger partial charge in [-0.25, -0.2) is 0 Å². The minimum absolute atomic E-state index is 0.297. The summed E-state index contributed by atoms with van der Waals surface area (Å²) in [6, 6.07) is 0.947. The van der Waals surface area contributed by atoms with Gasteiger partial charge >= 0.3 is 0 Å². The highest BCUT2D eigenvalue weighted by Gasteiger charge is 2.45. The fraction of sp³-hybridized carbons (Fsp3) is 1.00. The van der Waals surface area contributed by atoms with Gasteiger partial charge in [0.05, 0.1) is 6.61 Å². The van der Waals surface area contributed by atoms with E-state index in [2.05, 4.69) is 32.6 Å². The summed E-state index contributed by atoms with van der Waals surface area (Å²) in [5.74, 6) is 0. The lowest BCUT2D eigenvalue weighted by Gasteiger charge is -2.55. The summed E-state index contributed by atoms with van der Waals surface area (Å²) in [5, 5.41) is 9.10. The van der Waals surface area contributed by atoms with Crippen molar-refractivity contribution in [3.63, 3.8) is 0 Å². The van der Waals surface area contributed by atoms with Crippen LogP contribution in [0.2, 0.25) is 0 Å². The number of hydrogen-bond acceptors (Lipinski definition) is 2.